The summed E-state index contributed by atoms with van der Waals surface area (Å²) < 4.78 is 5.08. The van der Waals surface area contributed by atoms with Gasteiger partial charge in [0.2, 0.25) is 0 Å². The van der Waals surface area contributed by atoms with E-state index in [-0.39, 0.29) is 5.56 Å². The molecule has 1 aromatic carbocycles. The summed E-state index contributed by atoms with van der Waals surface area (Å²) in [6, 6.07) is 5.26. The lowest BCUT2D eigenvalue weighted by Crippen LogP contribution is -1.96. The lowest BCUT2D eigenvalue weighted by molar-refractivity contribution is 0.0698. The number of aromatic carboxylic acids is 1. The largest absolute Gasteiger partial charge is 0.478 e. The van der Waals surface area contributed by atoms with Gasteiger partial charge in [-0.1, -0.05) is 0 Å². The van der Waals surface area contributed by atoms with Crippen LogP contribution >= 0.6 is 0 Å². The van der Waals surface area contributed by atoms with Crippen LogP contribution in [0.1, 0.15) is 15.9 Å². The van der Waals surface area contributed by atoms with Crippen LogP contribution < -0.4 is 0 Å². The third-order valence-electron chi connectivity index (χ3n) is 1.93. The topological polar surface area (TPSA) is 50.4 Å². The van der Waals surface area contributed by atoms with E-state index in [1.54, 1.807) is 12.1 Å². The molecule has 0 aliphatic carbocycles. The molecule has 13 heavy (non-hydrogen) atoms. The molecule has 1 N–H and O–H groups in total. The van der Waals surface area contributed by atoms with Crippen LogP contribution in [0.2, 0.25) is 0 Å². The second kappa shape index (κ2) is 2.62. The number of carbonyl (C=O) groups is 1. The summed E-state index contributed by atoms with van der Waals surface area (Å²) in [5, 5.41) is 9.70. The highest BCUT2D eigenvalue weighted by molar-refractivity contribution is 6.01. The van der Waals surface area contributed by atoms with E-state index in [0.29, 0.717) is 5.58 Å². The fourth-order valence-corrected chi connectivity index (χ4v) is 1.39. The highest BCUT2D eigenvalue weighted by atomic mass is 16.4. The number of furan rings is 1. The van der Waals surface area contributed by atoms with Gasteiger partial charge in [0.25, 0.3) is 0 Å². The van der Waals surface area contributed by atoms with E-state index in [0.717, 1.165) is 10.9 Å². The number of hydrogen-bond acceptors (Lipinski definition) is 2. The molecular formula is C10H8O3. The molecule has 0 saturated heterocycles. The zero-order valence-electron chi connectivity index (χ0n) is 7.07. The van der Waals surface area contributed by atoms with E-state index in [9.17, 15) is 4.79 Å². The van der Waals surface area contributed by atoms with Gasteiger partial charge in [0.05, 0.1) is 6.26 Å². The number of fused-ring (bicyclic) bond motifs is 1. The average Bonchev–Trinajstić information content (AvgIpc) is 2.49. The Kier molecular flexibility index (Phi) is 1.59. The van der Waals surface area contributed by atoms with Crippen molar-refractivity contribution in [3.8, 4) is 0 Å². The number of carboxylic acids is 1. The van der Waals surface area contributed by atoms with Crippen LogP contribution in [0, 0.1) is 6.92 Å². The molecule has 0 atom stereocenters. The normalized spacial score (nSPS) is 10.5. The Morgan fingerprint density at radius 1 is 1.46 bits per heavy atom. The van der Waals surface area contributed by atoms with Crippen LogP contribution in [0.5, 0.6) is 0 Å². The van der Waals surface area contributed by atoms with Gasteiger partial charge in [0, 0.05) is 5.39 Å². The first-order valence-corrected chi connectivity index (χ1v) is 3.89. The Balaban J connectivity index is 2.84. The molecule has 0 spiro atoms. The van der Waals surface area contributed by atoms with Crippen molar-refractivity contribution in [2.24, 2.45) is 0 Å². The Labute approximate surface area is 74.6 Å². The summed E-state index contributed by atoms with van der Waals surface area (Å²) in [5.74, 6) is -0.955. The molecule has 66 valence electrons. The number of hydrogen-bond donors (Lipinski definition) is 1. The zero-order chi connectivity index (χ0) is 9.42. The SMILES string of the molecule is Cc1cc(C(=O)O)c2occc2c1. The summed E-state index contributed by atoms with van der Waals surface area (Å²) in [7, 11) is 0. The van der Waals surface area contributed by atoms with E-state index in [2.05, 4.69) is 0 Å². The number of rotatable bonds is 1. The van der Waals surface area contributed by atoms with Crippen LogP contribution in [-0.4, -0.2) is 11.1 Å². The summed E-state index contributed by atoms with van der Waals surface area (Å²) in [6.45, 7) is 1.86. The first-order chi connectivity index (χ1) is 6.18. The van der Waals surface area contributed by atoms with Crippen LogP contribution in [0.25, 0.3) is 11.0 Å². The van der Waals surface area contributed by atoms with Crippen molar-refractivity contribution in [3.05, 3.63) is 35.6 Å². The molecular weight excluding hydrogens is 168 g/mol. The molecule has 3 heteroatoms. The standard InChI is InChI=1S/C10H8O3/c1-6-4-7-2-3-13-9(7)8(5-6)10(11)12/h2-5H,1H3,(H,11,12). The maximum atomic E-state index is 10.8. The zero-order valence-corrected chi connectivity index (χ0v) is 7.07. The Hall–Kier alpha value is -1.77. The molecule has 0 unspecified atom stereocenters. The molecule has 1 heterocycles. The number of carboxylic acid groups (broad SMARTS) is 1. The van der Waals surface area contributed by atoms with Gasteiger partial charge in [-0.2, -0.15) is 0 Å². The van der Waals surface area contributed by atoms with Crippen molar-refractivity contribution in [2.45, 2.75) is 6.92 Å². The minimum atomic E-state index is -0.955. The predicted molar refractivity (Wildman–Crippen MR) is 47.9 cm³/mol. The predicted octanol–water partition coefficient (Wildman–Crippen LogP) is 2.44. The van der Waals surface area contributed by atoms with Crippen molar-refractivity contribution in [2.75, 3.05) is 0 Å². The Morgan fingerprint density at radius 3 is 2.92 bits per heavy atom. The van der Waals surface area contributed by atoms with Crippen LogP contribution in [-0.2, 0) is 0 Å². The van der Waals surface area contributed by atoms with Crippen molar-refractivity contribution in [1.29, 1.82) is 0 Å². The smallest absolute Gasteiger partial charge is 0.339 e. The third kappa shape index (κ3) is 1.18. The van der Waals surface area contributed by atoms with Gasteiger partial charge in [0.15, 0.2) is 0 Å². The third-order valence-corrected chi connectivity index (χ3v) is 1.93. The molecule has 2 aromatic rings. The maximum absolute atomic E-state index is 10.8. The monoisotopic (exact) mass is 176 g/mol. The van der Waals surface area contributed by atoms with E-state index in [1.165, 1.54) is 6.26 Å². The van der Waals surface area contributed by atoms with Gasteiger partial charge < -0.3 is 9.52 Å². The molecule has 0 radical (unpaired) electrons. The molecule has 0 bridgehead atoms. The van der Waals surface area contributed by atoms with Crippen molar-refractivity contribution >= 4 is 16.9 Å². The highest BCUT2D eigenvalue weighted by Crippen LogP contribution is 2.21. The van der Waals surface area contributed by atoms with E-state index >= 15 is 0 Å². The van der Waals surface area contributed by atoms with Crippen molar-refractivity contribution < 1.29 is 14.3 Å². The molecule has 1 aromatic heterocycles. The van der Waals surface area contributed by atoms with E-state index in [1.807, 2.05) is 13.0 Å². The molecule has 2 rings (SSSR count). The highest BCUT2D eigenvalue weighted by Gasteiger charge is 2.11. The van der Waals surface area contributed by atoms with Gasteiger partial charge in [-0.25, -0.2) is 4.79 Å². The van der Waals surface area contributed by atoms with E-state index < -0.39 is 5.97 Å². The van der Waals surface area contributed by atoms with Gasteiger partial charge in [-0.05, 0) is 30.7 Å². The average molecular weight is 176 g/mol. The van der Waals surface area contributed by atoms with Crippen LogP contribution in [0.3, 0.4) is 0 Å². The summed E-state index contributed by atoms with van der Waals surface area (Å²) in [5.41, 5.74) is 1.59. The van der Waals surface area contributed by atoms with Gasteiger partial charge in [-0.3, -0.25) is 0 Å². The maximum Gasteiger partial charge on any atom is 0.339 e. The summed E-state index contributed by atoms with van der Waals surface area (Å²) in [6.07, 6.45) is 1.50. The first-order valence-electron chi connectivity index (χ1n) is 3.89. The van der Waals surface area contributed by atoms with E-state index in [4.69, 9.17) is 9.52 Å². The van der Waals surface area contributed by atoms with Gasteiger partial charge in [0.1, 0.15) is 11.1 Å². The molecule has 0 aliphatic heterocycles. The van der Waals surface area contributed by atoms with Gasteiger partial charge in [-0.15, -0.1) is 0 Å². The molecule has 0 aliphatic rings. The van der Waals surface area contributed by atoms with Gasteiger partial charge >= 0.3 is 5.97 Å². The molecule has 0 saturated carbocycles. The molecule has 0 fully saturated rings. The van der Waals surface area contributed by atoms with Crippen LogP contribution in [0.4, 0.5) is 0 Å². The fourth-order valence-electron chi connectivity index (χ4n) is 1.39. The minimum absolute atomic E-state index is 0.222. The lowest BCUT2D eigenvalue weighted by Gasteiger charge is -1.97. The number of benzene rings is 1. The second-order valence-corrected chi connectivity index (χ2v) is 2.96. The lowest BCUT2D eigenvalue weighted by atomic mass is 10.1. The van der Waals surface area contributed by atoms with Crippen LogP contribution in [0.15, 0.2) is 28.9 Å². The second-order valence-electron chi connectivity index (χ2n) is 2.96. The Bertz CT molecular complexity index is 468. The molecule has 3 nitrogen and oxygen atoms in total. The fraction of sp³-hybridized carbons (Fsp3) is 0.100. The number of aryl methyl sites for hydroxylation is 1. The van der Waals surface area contributed by atoms with Crippen molar-refractivity contribution in [3.63, 3.8) is 0 Å². The quantitative estimate of drug-likeness (QED) is 0.725. The Morgan fingerprint density at radius 2 is 2.23 bits per heavy atom. The molecule has 0 amide bonds. The first kappa shape index (κ1) is 7.86. The minimum Gasteiger partial charge on any atom is -0.478 e. The summed E-state index contributed by atoms with van der Waals surface area (Å²) in [4.78, 5) is 10.8. The van der Waals surface area contributed by atoms with Crippen molar-refractivity contribution in [1.82, 2.24) is 0 Å². The summed E-state index contributed by atoms with van der Waals surface area (Å²) >= 11 is 0.